The summed E-state index contributed by atoms with van der Waals surface area (Å²) >= 11 is 0. The summed E-state index contributed by atoms with van der Waals surface area (Å²) in [5, 5.41) is 10.3. The Morgan fingerprint density at radius 2 is 1.45 bits per heavy atom. The molecule has 7 heteroatoms. The minimum Gasteiger partial charge on any atom is -0.393 e. The summed E-state index contributed by atoms with van der Waals surface area (Å²) < 4.78 is 12.9. The second-order valence-corrected chi connectivity index (χ2v) is 14.9. The lowest BCUT2D eigenvalue weighted by Crippen LogP contribution is -2.53. The molecule has 0 aromatic rings. The number of allylic oxidation sites excluding steroid dienone is 1. The average Bonchev–Trinajstić information content (AvgIpc) is 3.31. The Bertz CT molecular complexity index is 925. The topological polar surface area (TPSA) is 75.6 Å². The van der Waals surface area contributed by atoms with Crippen molar-refractivity contribution in [2.45, 2.75) is 153 Å². The van der Waals surface area contributed by atoms with E-state index in [0.29, 0.717) is 37.6 Å². The van der Waals surface area contributed by atoms with Gasteiger partial charge in [-0.2, -0.15) is 19.6 Å². The van der Waals surface area contributed by atoms with Gasteiger partial charge < -0.3 is 14.6 Å². The zero-order chi connectivity index (χ0) is 27.4. The lowest BCUT2D eigenvalue weighted by atomic mass is 9.48. The Kier molecular flexibility index (Phi) is 7.68. The van der Waals surface area contributed by atoms with Crippen LogP contribution in [0.4, 0.5) is 0 Å². The van der Waals surface area contributed by atoms with Crippen molar-refractivity contribution in [1.29, 1.82) is 0 Å². The third-order valence-corrected chi connectivity index (χ3v) is 12.7. The summed E-state index contributed by atoms with van der Waals surface area (Å²) in [4.78, 5) is 23.3. The van der Waals surface area contributed by atoms with E-state index in [1.54, 1.807) is 5.57 Å². The van der Waals surface area contributed by atoms with Crippen molar-refractivity contribution in [3.8, 4) is 0 Å². The molecule has 226 valence electrons. The summed E-state index contributed by atoms with van der Waals surface area (Å²) in [5.74, 6) is 0.816. The highest BCUT2D eigenvalue weighted by Gasteiger charge is 2.59. The Morgan fingerprint density at radius 3 is 2.20 bits per heavy atom. The SMILES string of the molecule is C[C@]12CC[C@H]3[C@@H](CC=C4C[C@@H](O)CC[C@@]43C)[C@@H]1CC[C@@H]2OCCOC1CCC2(CC1)OOC1(CCCCC1)OO2. The monoisotopic (exact) mass is 560 g/mol. The molecule has 2 spiro atoms. The Balaban J connectivity index is 0.863. The predicted molar refractivity (Wildman–Crippen MR) is 149 cm³/mol. The fourth-order valence-corrected chi connectivity index (χ4v) is 10.2. The van der Waals surface area contributed by atoms with Crippen molar-refractivity contribution in [3.05, 3.63) is 11.6 Å². The van der Waals surface area contributed by atoms with Crippen LogP contribution >= 0.6 is 0 Å². The molecule has 1 N–H and O–H groups in total. The van der Waals surface area contributed by atoms with Crippen molar-refractivity contribution in [1.82, 2.24) is 0 Å². The first-order valence-electron chi connectivity index (χ1n) is 16.7. The molecule has 0 unspecified atom stereocenters. The largest absolute Gasteiger partial charge is 0.393 e. The molecule has 6 aliphatic carbocycles. The molecule has 0 aromatic heterocycles. The highest BCUT2D eigenvalue weighted by molar-refractivity contribution is 5.25. The maximum Gasteiger partial charge on any atom is 0.234 e. The maximum atomic E-state index is 10.3. The predicted octanol–water partition coefficient (Wildman–Crippen LogP) is 6.92. The van der Waals surface area contributed by atoms with Gasteiger partial charge in [-0.1, -0.05) is 31.9 Å². The fourth-order valence-electron chi connectivity index (χ4n) is 10.2. The molecule has 40 heavy (non-hydrogen) atoms. The molecule has 1 saturated heterocycles. The van der Waals surface area contributed by atoms with Crippen LogP contribution in [0.25, 0.3) is 0 Å². The molecular formula is C33H52O7. The van der Waals surface area contributed by atoms with Crippen LogP contribution in [-0.4, -0.2) is 48.2 Å². The Hall–Kier alpha value is -0.540. The molecule has 6 fully saturated rings. The van der Waals surface area contributed by atoms with E-state index in [1.807, 2.05) is 0 Å². The highest BCUT2D eigenvalue weighted by atomic mass is 17.4. The first-order valence-corrected chi connectivity index (χ1v) is 16.7. The number of rotatable bonds is 5. The van der Waals surface area contributed by atoms with E-state index in [-0.39, 0.29) is 17.6 Å². The number of hydrogen-bond acceptors (Lipinski definition) is 7. The molecule has 7 rings (SSSR count). The first-order chi connectivity index (χ1) is 19.3. The van der Waals surface area contributed by atoms with Crippen LogP contribution in [0.2, 0.25) is 0 Å². The number of hydrogen-bond donors (Lipinski definition) is 1. The van der Waals surface area contributed by atoms with Gasteiger partial charge in [0.1, 0.15) is 0 Å². The van der Waals surface area contributed by atoms with Crippen LogP contribution in [0.15, 0.2) is 11.6 Å². The van der Waals surface area contributed by atoms with Crippen LogP contribution in [0.5, 0.6) is 0 Å². The molecular weight excluding hydrogens is 508 g/mol. The summed E-state index contributed by atoms with van der Waals surface area (Å²) in [6.07, 6.45) is 20.4. The molecule has 1 heterocycles. The third-order valence-electron chi connectivity index (χ3n) is 12.7. The van der Waals surface area contributed by atoms with Crippen molar-refractivity contribution < 1.29 is 34.1 Å². The lowest BCUT2D eigenvalue weighted by Gasteiger charge is -2.57. The average molecular weight is 561 g/mol. The second kappa shape index (κ2) is 10.9. The minimum atomic E-state index is -0.783. The van der Waals surface area contributed by atoms with Crippen LogP contribution in [0.1, 0.15) is 123 Å². The smallest absolute Gasteiger partial charge is 0.234 e. The maximum absolute atomic E-state index is 10.3. The number of aliphatic hydroxyl groups is 1. The van der Waals surface area contributed by atoms with E-state index in [0.717, 1.165) is 75.5 Å². The summed E-state index contributed by atoms with van der Waals surface area (Å²) in [5.41, 5.74) is 2.14. The van der Waals surface area contributed by atoms with Gasteiger partial charge in [0.05, 0.1) is 31.5 Å². The van der Waals surface area contributed by atoms with Gasteiger partial charge in [0.15, 0.2) is 0 Å². The molecule has 0 aromatic carbocycles. The van der Waals surface area contributed by atoms with Gasteiger partial charge in [-0.3, -0.25) is 0 Å². The van der Waals surface area contributed by atoms with Gasteiger partial charge >= 0.3 is 0 Å². The molecule has 7 aliphatic rings. The van der Waals surface area contributed by atoms with Crippen molar-refractivity contribution in [2.24, 2.45) is 28.6 Å². The second-order valence-electron chi connectivity index (χ2n) is 14.9. The Morgan fingerprint density at radius 1 is 0.750 bits per heavy atom. The molecule has 5 saturated carbocycles. The molecule has 7 nitrogen and oxygen atoms in total. The van der Waals surface area contributed by atoms with Crippen molar-refractivity contribution in [3.63, 3.8) is 0 Å². The molecule has 0 bridgehead atoms. The number of aliphatic hydroxyl groups excluding tert-OH is 1. The van der Waals surface area contributed by atoms with Crippen LogP contribution in [-0.2, 0) is 29.0 Å². The molecule has 0 radical (unpaired) electrons. The van der Waals surface area contributed by atoms with Crippen molar-refractivity contribution >= 4 is 0 Å². The van der Waals surface area contributed by atoms with Gasteiger partial charge in [0.2, 0.25) is 11.6 Å². The molecule has 7 atom stereocenters. The highest BCUT2D eigenvalue weighted by Crippen LogP contribution is 2.65. The number of ether oxygens (including phenoxy) is 2. The third kappa shape index (κ3) is 4.93. The number of fused-ring (bicyclic) bond motifs is 5. The zero-order valence-corrected chi connectivity index (χ0v) is 24.9. The summed E-state index contributed by atoms with van der Waals surface area (Å²) in [6, 6.07) is 0. The first kappa shape index (κ1) is 28.2. The Labute approximate surface area is 240 Å². The van der Waals surface area contributed by atoms with Gasteiger partial charge in [0, 0.05) is 25.7 Å². The lowest BCUT2D eigenvalue weighted by molar-refractivity contribution is -0.663. The normalized spacial score (nSPS) is 44.6. The van der Waals surface area contributed by atoms with E-state index >= 15 is 0 Å². The summed E-state index contributed by atoms with van der Waals surface area (Å²) in [7, 11) is 0. The van der Waals surface area contributed by atoms with Crippen LogP contribution < -0.4 is 0 Å². The van der Waals surface area contributed by atoms with E-state index in [2.05, 4.69) is 19.9 Å². The quantitative estimate of drug-likeness (QED) is 0.222. The van der Waals surface area contributed by atoms with Gasteiger partial charge in [-0.15, -0.1) is 0 Å². The molecule has 0 amide bonds. The van der Waals surface area contributed by atoms with E-state index in [4.69, 9.17) is 29.0 Å². The van der Waals surface area contributed by atoms with Crippen LogP contribution in [0, 0.1) is 28.6 Å². The van der Waals surface area contributed by atoms with E-state index < -0.39 is 11.6 Å². The van der Waals surface area contributed by atoms with Gasteiger partial charge in [-0.25, -0.2) is 0 Å². The van der Waals surface area contributed by atoms with E-state index in [1.165, 1.54) is 38.5 Å². The molecule has 1 aliphatic heterocycles. The fraction of sp³-hybridized carbons (Fsp3) is 0.939. The van der Waals surface area contributed by atoms with Gasteiger partial charge in [0.25, 0.3) is 0 Å². The van der Waals surface area contributed by atoms with Crippen molar-refractivity contribution in [2.75, 3.05) is 13.2 Å². The van der Waals surface area contributed by atoms with E-state index in [9.17, 15) is 5.11 Å². The van der Waals surface area contributed by atoms with Crippen LogP contribution in [0.3, 0.4) is 0 Å². The standard InChI is InChI=1S/C33H52O7/c1-30-16-10-24(34)22-23(30)6-7-26-27-8-9-29(31(27,2)17-13-28(26)30)36-21-20-35-25-11-18-33(19-12-25)39-37-32(38-40-33)14-4-3-5-15-32/h6,24-29,34H,3-5,7-22H2,1-2H3/t24-,26-,27-,28-,29-,30-,31-/m0/s1. The van der Waals surface area contributed by atoms with Gasteiger partial charge in [-0.05, 0) is 106 Å². The summed E-state index contributed by atoms with van der Waals surface area (Å²) in [6.45, 7) is 6.34. The minimum absolute atomic E-state index is 0.128. The zero-order valence-electron chi connectivity index (χ0n) is 24.9.